The van der Waals surface area contributed by atoms with Crippen LogP contribution in [-0.4, -0.2) is 49.7 Å². The third kappa shape index (κ3) is 4.55. The van der Waals surface area contributed by atoms with Crippen molar-refractivity contribution in [3.63, 3.8) is 0 Å². The van der Waals surface area contributed by atoms with Crippen LogP contribution in [0.4, 0.5) is 4.39 Å². The zero-order chi connectivity index (χ0) is 19.4. The summed E-state index contributed by atoms with van der Waals surface area (Å²) in [5.74, 6) is -0.836. The Hall–Kier alpha value is -2.22. The van der Waals surface area contributed by atoms with Gasteiger partial charge in [-0.15, -0.1) is 0 Å². The quantitative estimate of drug-likeness (QED) is 0.731. The van der Waals surface area contributed by atoms with Crippen LogP contribution in [0.2, 0.25) is 5.02 Å². The van der Waals surface area contributed by atoms with Gasteiger partial charge in [-0.3, -0.25) is 4.79 Å². The third-order valence-corrected chi connectivity index (χ3v) is 6.48. The summed E-state index contributed by atoms with van der Waals surface area (Å²) in [6, 6.07) is 12.8. The molecule has 0 aliphatic carbocycles. The fourth-order valence-corrected chi connectivity index (χ4v) is 4.47. The molecule has 5 nitrogen and oxygen atoms in total. The van der Waals surface area contributed by atoms with Crippen LogP contribution in [0, 0.1) is 5.82 Å². The van der Waals surface area contributed by atoms with Crippen LogP contribution in [0.15, 0.2) is 59.5 Å². The zero-order valence-corrected chi connectivity index (χ0v) is 16.0. The molecule has 0 spiro atoms. The van der Waals surface area contributed by atoms with Gasteiger partial charge in [-0.05, 0) is 29.8 Å². The molecule has 3 rings (SSSR count). The number of carbonyl (C=O) groups is 1. The van der Waals surface area contributed by atoms with Gasteiger partial charge >= 0.3 is 0 Å². The second kappa shape index (κ2) is 8.21. The van der Waals surface area contributed by atoms with Crippen LogP contribution < -0.4 is 0 Å². The minimum atomic E-state index is -3.78. The van der Waals surface area contributed by atoms with E-state index in [2.05, 4.69) is 0 Å². The number of halogens is 2. The molecule has 0 unspecified atom stereocenters. The van der Waals surface area contributed by atoms with Crippen molar-refractivity contribution in [1.29, 1.82) is 0 Å². The van der Waals surface area contributed by atoms with Gasteiger partial charge in [0.15, 0.2) is 0 Å². The van der Waals surface area contributed by atoms with E-state index in [1.165, 1.54) is 16.4 Å². The predicted octanol–water partition coefficient (Wildman–Crippen LogP) is 3.03. The molecule has 1 saturated heterocycles. The number of rotatable bonds is 4. The maximum Gasteiger partial charge on any atom is 0.246 e. The first kappa shape index (κ1) is 19.5. The molecule has 0 N–H and O–H groups in total. The van der Waals surface area contributed by atoms with Gasteiger partial charge in [0.2, 0.25) is 15.9 Å². The highest BCUT2D eigenvalue weighted by Crippen LogP contribution is 2.23. The summed E-state index contributed by atoms with van der Waals surface area (Å²) in [6.45, 7) is 0.905. The Morgan fingerprint density at radius 1 is 1.04 bits per heavy atom. The molecule has 1 aliphatic rings. The lowest BCUT2D eigenvalue weighted by Gasteiger charge is -2.33. The topological polar surface area (TPSA) is 57.7 Å². The van der Waals surface area contributed by atoms with Gasteiger partial charge in [0, 0.05) is 32.3 Å². The Kier molecular flexibility index (Phi) is 5.94. The smallest absolute Gasteiger partial charge is 0.246 e. The number of amides is 1. The van der Waals surface area contributed by atoms with Crippen molar-refractivity contribution in [1.82, 2.24) is 9.21 Å². The van der Waals surface area contributed by atoms with Crippen LogP contribution >= 0.6 is 11.6 Å². The SMILES string of the molecule is O=C(/C=C/c1ccccc1)N1CCN(S(=O)(=O)c2ccc(F)c(Cl)c2)CC1. The summed E-state index contributed by atoms with van der Waals surface area (Å²) in [7, 11) is -3.78. The molecule has 8 heteroatoms. The van der Waals surface area contributed by atoms with Gasteiger partial charge in [-0.25, -0.2) is 12.8 Å². The predicted molar refractivity (Wildman–Crippen MR) is 102 cm³/mol. The van der Waals surface area contributed by atoms with E-state index in [-0.39, 0.29) is 42.0 Å². The molecular weight excluding hydrogens is 391 g/mol. The highest BCUT2D eigenvalue weighted by molar-refractivity contribution is 7.89. The molecule has 27 heavy (non-hydrogen) atoms. The van der Waals surface area contributed by atoms with Crippen molar-refractivity contribution in [2.75, 3.05) is 26.2 Å². The van der Waals surface area contributed by atoms with Crippen LogP contribution in [0.1, 0.15) is 5.56 Å². The lowest BCUT2D eigenvalue weighted by atomic mass is 10.2. The average molecular weight is 409 g/mol. The van der Waals surface area contributed by atoms with Crippen molar-refractivity contribution >= 4 is 33.6 Å². The molecule has 2 aromatic carbocycles. The van der Waals surface area contributed by atoms with Gasteiger partial charge in [0.05, 0.1) is 9.92 Å². The Labute approximate surface area is 162 Å². The molecule has 142 valence electrons. The number of piperazine rings is 1. The first-order valence-corrected chi connectivity index (χ1v) is 10.2. The van der Waals surface area contributed by atoms with E-state index in [1.807, 2.05) is 30.3 Å². The number of hydrogen-bond donors (Lipinski definition) is 0. The molecule has 2 aromatic rings. The normalized spacial score (nSPS) is 16.0. The van der Waals surface area contributed by atoms with Gasteiger partial charge in [-0.2, -0.15) is 4.31 Å². The zero-order valence-electron chi connectivity index (χ0n) is 14.4. The summed E-state index contributed by atoms with van der Waals surface area (Å²) < 4.78 is 39.9. The molecule has 0 saturated carbocycles. The van der Waals surface area contributed by atoms with Crippen molar-refractivity contribution < 1.29 is 17.6 Å². The van der Waals surface area contributed by atoms with Crippen molar-refractivity contribution in [3.05, 3.63) is 71.0 Å². The Balaban J connectivity index is 1.63. The number of nitrogens with zero attached hydrogens (tertiary/aromatic N) is 2. The Bertz CT molecular complexity index is 956. The summed E-state index contributed by atoms with van der Waals surface area (Å²) in [6.07, 6.45) is 3.21. The van der Waals surface area contributed by atoms with E-state index in [1.54, 1.807) is 11.0 Å². The maximum atomic E-state index is 13.3. The Morgan fingerprint density at radius 2 is 1.70 bits per heavy atom. The van der Waals surface area contributed by atoms with E-state index in [4.69, 9.17) is 11.6 Å². The summed E-state index contributed by atoms with van der Waals surface area (Å²) in [5, 5.41) is -0.240. The third-order valence-electron chi connectivity index (χ3n) is 4.30. The molecule has 1 heterocycles. The molecule has 0 bridgehead atoms. The maximum absolute atomic E-state index is 13.3. The monoisotopic (exact) mass is 408 g/mol. The fourth-order valence-electron chi connectivity index (χ4n) is 2.77. The summed E-state index contributed by atoms with van der Waals surface area (Å²) in [4.78, 5) is 13.8. The standard InChI is InChI=1S/C19H18ClFN2O3S/c20-17-14-16(7-8-18(17)21)27(25,26)23-12-10-22(11-13-23)19(24)9-6-15-4-2-1-3-5-15/h1-9,14H,10-13H2/b9-6+. The second-order valence-corrected chi connectivity index (χ2v) is 8.39. The highest BCUT2D eigenvalue weighted by atomic mass is 35.5. The molecule has 1 aliphatic heterocycles. The number of benzene rings is 2. The van der Waals surface area contributed by atoms with Crippen LogP contribution in [0.5, 0.6) is 0 Å². The summed E-state index contributed by atoms with van der Waals surface area (Å²) in [5.41, 5.74) is 0.917. The lowest BCUT2D eigenvalue weighted by Crippen LogP contribution is -2.50. The minimum absolute atomic E-state index is 0.0577. The molecule has 0 aromatic heterocycles. The van der Waals surface area contributed by atoms with Gasteiger partial charge < -0.3 is 4.90 Å². The van der Waals surface area contributed by atoms with Gasteiger partial charge in [0.25, 0.3) is 0 Å². The van der Waals surface area contributed by atoms with Crippen molar-refractivity contribution in [2.45, 2.75) is 4.90 Å². The van der Waals surface area contributed by atoms with Crippen LogP contribution in [-0.2, 0) is 14.8 Å². The van der Waals surface area contributed by atoms with Gasteiger partial charge in [-0.1, -0.05) is 41.9 Å². The molecule has 0 radical (unpaired) electrons. The van der Waals surface area contributed by atoms with E-state index in [9.17, 15) is 17.6 Å². The highest BCUT2D eigenvalue weighted by Gasteiger charge is 2.30. The molecule has 1 amide bonds. The minimum Gasteiger partial charge on any atom is -0.337 e. The average Bonchev–Trinajstić information content (AvgIpc) is 2.69. The second-order valence-electron chi connectivity index (χ2n) is 6.05. The van der Waals surface area contributed by atoms with Crippen LogP contribution in [0.25, 0.3) is 6.08 Å². The molecule has 1 fully saturated rings. The van der Waals surface area contributed by atoms with Crippen molar-refractivity contribution in [3.8, 4) is 0 Å². The molecular formula is C19H18ClFN2O3S. The van der Waals surface area contributed by atoms with Crippen molar-refractivity contribution in [2.24, 2.45) is 0 Å². The van der Waals surface area contributed by atoms with E-state index in [0.29, 0.717) is 0 Å². The Morgan fingerprint density at radius 3 is 2.33 bits per heavy atom. The van der Waals surface area contributed by atoms with Crippen LogP contribution in [0.3, 0.4) is 0 Å². The van der Waals surface area contributed by atoms with E-state index < -0.39 is 15.8 Å². The molecule has 0 atom stereocenters. The van der Waals surface area contributed by atoms with E-state index >= 15 is 0 Å². The first-order valence-electron chi connectivity index (χ1n) is 8.35. The summed E-state index contributed by atoms with van der Waals surface area (Å²) >= 11 is 5.69. The largest absolute Gasteiger partial charge is 0.337 e. The fraction of sp³-hybridized carbons (Fsp3) is 0.211. The van der Waals surface area contributed by atoms with E-state index in [0.717, 1.165) is 17.7 Å². The number of carbonyl (C=O) groups excluding carboxylic acids is 1. The first-order chi connectivity index (χ1) is 12.9. The van der Waals surface area contributed by atoms with Gasteiger partial charge in [0.1, 0.15) is 5.82 Å². The number of sulfonamides is 1. The lowest BCUT2D eigenvalue weighted by molar-refractivity contribution is -0.127. The number of hydrogen-bond acceptors (Lipinski definition) is 3.